The highest BCUT2D eigenvalue weighted by molar-refractivity contribution is 6.02. The van der Waals surface area contributed by atoms with Gasteiger partial charge < -0.3 is 15.4 Å². The predicted octanol–water partition coefficient (Wildman–Crippen LogP) is 3.88. The summed E-state index contributed by atoms with van der Waals surface area (Å²) in [7, 11) is 0. The van der Waals surface area contributed by atoms with Gasteiger partial charge in [-0.3, -0.25) is 19.7 Å². The highest BCUT2D eigenvalue weighted by Crippen LogP contribution is 2.21. The first kappa shape index (κ1) is 23.1. The molecular weight excluding hydrogens is 426 g/mol. The number of carbonyl (C=O) groups is 3. The maximum atomic E-state index is 12.5. The van der Waals surface area contributed by atoms with E-state index in [1.165, 1.54) is 24.3 Å². The minimum atomic E-state index is -0.777. The molecular formula is C24H21N3O6. The molecule has 3 rings (SSSR count). The Balaban J connectivity index is 1.59. The Morgan fingerprint density at radius 1 is 0.879 bits per heavy atom. The van der Waals surface area contributed by atoms with Gasteiger partial charge in [-0.15, -0.1) is 0 Å². The van der Waals surface area contributed by atoms with Crippen molar-refractivity contribution in [3.05, 3.63) is 99.6 Å². The summed E-state index contributed by atoms with van der Waals surface area (Å²) >= 11 is 0. The number of amides is 2. The molecule has 9 nitrogen and oxygen atoms in total. The summed E-state index contributed by atoms with van der Waals surface area (Å²) < 4.78 is 5.09. The molecule has 0 unspecified atom stereocenters. The molecule has 2 amide bonds. The van der Waals surface area contributed by atoms with Crippen molar-refractivity contribution in [2.75, 3.05) is 17.2 Å². The van der Waals surface area contributed by atoms with Crippen molar-refractivity contribution in [1.29, 1.82) is 0 Å². The Hall–Kier alpha value is -4.53. The minimum Gasteiger partial charge on any atom is -0.452 e. The molecule has 0 aromatic heterocycles. The van der Waals surface area contributed by atoms with Gasteiger partial charge in [0.2, 0.25) is 5.91 Å². The molecule has 0 aliphatic rings. The molecule has 0 spiro atoms. The fourth-order valence-corrected chi connectivity index (χ4v) is 3.04. The van der Waals surface area contributed by atoms with Gasteiger partial charge in [-0.05, 0) is 36.2 Å². The summed E-state index contributed by atoms with van der Waals surface area (Å²) in [6, 6.07) is 19.5. The second-order valence-corrected chi connectivity index (χ2v) is 7.14. The van der Waals surface area contributed by atoms with Crippen LogP contribution in [0.2, 0.25) is 0 Å². The van der Waals surface area contributed by atoms with Crippen LogP contribution in [-0.4, -0.2) is 29.3 Å². The summed E-state index contributed by atoms with van der Waals surface area (Å²) in [6.45, 7) is 1.05. The fraction of sp³-hybridized carbons (Fsp3) is 0.125. The summed E-state index contributed by atoms with van der Waals surface area (Å²) in [5, 5.41) is 16.1. The van der Waals surface area contributed by atoms with E-state index in [2.05, 4.69) is 10.6 Å². The molecule has 2 N–H and O–H groups in total. The summed E-state index contributed by atoms with van der Waals surface area (Å²) in [6.07, 6.45) is 0.140. The number of anilines is 2. The van der Waals surface area contributed by atoms with E-state index in [9.17, 15) is 24.5 Å². The second-order valence-electron chi connectivity index (χ2n) is 7.14. The van der Waals surface area contributed by atoms with Crippen LogP contribution in [0.3, 0.4) is 0 Å². The molecule has 0 saturated carbocycles. The van der Waals surface area contributed by atoms with Crippen molar-refractivity contribution in [3.8, 4) is 0 Å². The Labute approximate surface area is 189 Å². The molecule has 0 aliphatic carbocycles. The van der Waals surface area contributed by atoms with Crippen LogP contribution in [0.5, 0.6) is 0 Å². The highest BCUT2D eigenvalue weighted by Gasteiger charge is 2.17. The standard InChI is InChI=1S/C24H21N3O6/c1-16-13-18(27(31)32)11-12-20(16)25-23(29)15-33-24(30)19-9-5-6-10-21(19)26-22(28)14-17-7-3-2-4-8-17/h2-13H,14-15H2,1H3,(H,25,29)(H,26,28). The van der Waals surface area contributed by atoms with Crippen molar-refractivity contribution in [1.82, 2.24) is 0 Å². The average Bonchev–Trinajstić information content (AvgIpc) is 2.79. The van der Waals surface area contributed by atoms with Gasteiger partial charge in [0.1, 0.15) is 0 Å². The Bertz CT molecular complexity index is 1190. The van der Waals surface area contributed by atoms with Crippen LogP contribution in [0, 0.1) is 17.0 Å². The van der Waals surface area contributed by atoms with Gasteiger partial charge >= 0.3 is 5.97 Å². The maximum absolute atomic E-state index is 12.5. The van der Waals surface area contributed by atoms with E-state index in [-0.39, 0.29) is 29.3 Å². The zero-order valence-electron chi connectivity index (χ0n) is 17.7. The van der Waals surface area contributed by atoms with Gasteiger partial charge in [0.15, 0.2) is 6.61 Å². The number of esters is 1. The summed E-state index contributed by atoms with van der Waals surface area (Å²) in [5.41, 5.74) is 1.98. The van der Waals surface area contributed by atoms with Crippen molar-refractivity contribution in [2.45, 2.75) is 13.3 Å². The number of non-ortho nitro benzene ring substituents is 1. The van der Waals surface area contributed by atoms with Crippen LogP contribution < -0.4 is 10.6 Å². The molecule has 0 atom stereocenters. The number of aryl methyl sites for hydroxylation is 1. The molecule has 0 heterocycles. The third-order valence-electron chi connectivity index (χ3n) is 4.66. The molecule has 0 fully saturated rings. The number of nitro groups is 1. The number of nitrogens with one attached hydrogen (secondary N) is 2. The Kier molecular flexibility index (Phi) is 7.48. The zero-order valence-corrected chi connectivity index (χ0v) is 17.7. The smallest absolute Gasteiger partial charge is 0.340 e. The minimum absolute atomic E-state index is 0.0946. The normalized spacial score (nSPS) is 10.2. The van der Waals surface area contributed by atoms with Crippen LogP contribution in [0.25, 0.3) is 0 Å². The third-order valence-corrected chi connectivity index (χ3v) is 4.66. The predicted molar refractivity (Wildman–Crippen MR) is 122 cm³/mol. The lowest BCUT2D eigenvalue weighted by Crippen LogP contribution is -2.22. The molecule has 9 heteroatoms. The number of ether oxygens (including phenoxy) is 1. The number of hydrogen-bond donors (Lipinski definition) is 2. The van der Waals surface area contributed by atoms with E-state index < -0.39 is 23.4 Å². The van der Waals surface area contributed by atoms with Crippen LogP contribution in [0.1, 0.15) is 21.5 Å². The van der Waals surface area contributed by atoms with Crippen LogP contribution >= 0.6 is 0 Å². The Morgan fingerprint density at radius 2 is 1.55 bits per heavy atom. The lowest BCUT2D eigenvalue weighted by atomic mass is 10.1. The molecule has 0 saturated heterocycles. The van der Waals surface area contributed by atoms with E-state index in [1.807, 2.05) is 30.3 Å². The number of para-hydroxylation sites is 1. The molecule has 3 aromatic rings. The van der Waals surface area contributed by atoms with Gasteiger partial charge in [0, 0.05) is 17.8 Å². The summed E-state index contributed by atoms with van der Waals surface area (Å²) in [5.74, 6) is -1.68. The van der Waals surface area contributed by atoms with Crippen LogP contribution in [-0.2, 0) is 20.7 Å². The number of nitro benzene ring substituents is 1. The van der Waals surface area contributed by atoms with Gasteiger partial charge in [0.05, 0.1) is 22.6 Å². The zero-order chi connectivity index (χ0) is 23.8. The number of hydrogen-bond acceptors (Lipinski definition) is 6. The molecule has 0 aliphatic heterocycles. The van der Waals surface area contributed by atoms with E-state index in [0.29, 0.717) is 11.3 Å². The third kappa shape index (κ3) is 6.47. The van der Waals surface area contributed by atoms with Gasteiger partial charge in [-0.1, -0.05) is 42.5 Å². The van der Waals surface area contributed by atoms with Crippen LogP contribution in [0.4, 0.5) is 17.1 Å². The van der Waals surface area contributed by atoms with E-state index in [4.69, 9.17) is 4.74 Å². The van der Waals surface area contributed by atoms with E-state index >= 15 is 0 Å². The first-order valence-electron chi connectivity index (χ1n) is 9.98. The average molecular weight is 447 g/mol. The van der Waals surface area contributed by atoms with Crippen molar-refractivity contribution < 1.29 is 24.0 Å². The number of rotatable bonds is 8. The molecule has 0 radical (unpaired) electrons. The number of carbonyl (C=O) groups excluding carboxylic acids is 3. The fourth-order valence-electron chi connectivity index (χ4n) is 3.04. The van der Waals surface area contributed by atoms with E-state index in [1.54, 1.807) is 25.1 Å². The molecule has 168 valence electrons. The van der Waals surface area contributed by atoms with Crippen molar-refractivity contribution in [2.24, 2.45) is 0 Å². The van der Waals surface area contributed by atoms with E-state index in [0.717, 1.165) is 5.56 Å². The first-order valence-corrected chi connectivity index (χ1v) is 9.98. The quantitative estimate of drug-likeness (QED) is 0.306. The van der Waals surface area contributed by atoms with Gasteiger partial charge in [-0.2, -0.15) is 0 Å². The van der Waals surface area contributed by atoms with Crippen LogP contribution in [0.15, 0.2) is 72.8 Å². The van der Waals surface area contributed by atoms with Gasteiger partial charge in [0.25, 0.3) is 11.6 Å². The maximum Gasteiger partial charge on any atom is 0.340 e. The monoisotopic (exact) mass is 447 g/mol. The number of benzene rings is 3. The van der Waals surface area contributed by atoms with Crippen molar-refractivity contribution >= 4 is 34.8 Å². The van der Waals surface area contributed by atoms with Gasteiger partial charge in [-0.25, -0.2) is 4.79 Å². The topological polar surface area (TPSA) is 128 Å². The second kappa shape index (κ2) is 10.7. The first-order chi connectivity index (χ1) is 15.8. The SMILES string of the molecule is Cc1cc([N+](=O)[O-])ccc1NC(=O)COC(=O)c1ccccc1NC(=O)Cc1ccccc1. The van der Waals surface area contributed by atoms with Crippen molar-refractivity contribution in [3.63, 3.8) is 0 Å². The molecule has 3 aromatic carbocycles. The molecule has 33 heavy (non-hydrogen) atoms. The lowest BCUT2D eigenvalue weighted by Gasteiger charge is -2.12. The highest BCUT2D eigenvalue weighted by atomic mass is 16.6. The number of nitrogens with zero attached hydrogens (tertiary/aromatic N) is 1. The summed E-state index contributed by atoms with van der Waals surface area (Å²) in [4.78, 5) is 47.4. The largest absolute Gasteiger partial charge is 0.452 e. The Morgan fingerprint density at radius 3 is 2.24 bits per heavy atom. The lowest BCUT2D eigenvalue weighted by molar-refractivity contribution is -0.384. The molecule has 0 bridgehead atoms.